The zero-order valence-electron chi connectivity index (χ0n) is 18.9. The van der Waals surface area contributed by atoms with E-state index in [0.29, 0.717) is 22.7 Å². The number of alkyl halides is 3. The van der Waals surface area contributed by atoms with Gasteiger partial charge in [0.2, 0.25) is 6.41 Å². The summed E-state index contributed by atoms with van der Waals surface area (Å²) in [6.45, 7) is -0.524. The van der Waals surface area contributed by atoms with Gasteiger partial charge in [-0.15, -0.1) is 13.2 Å². The molecule has 3 aromatic rings. The number of anilines is 2. The molecule has 4 amide bonds. The van der Waals surface area contributed by atoms with Crippen LogP contribution in [-0.4, -0.2) is 47.7 Å². The Morgan fingerprint density at radius 2 is 1.65 bits per heavy atom. The highest BCUT2D eigenvalue weighted by atomic mass is 35.5. The molecular formula is C24H19ClF3N5O4. The van der Waals surface area contributed by atoms with Gasteiger partial charge in [-0.1, -0.05) is 11.6 Å². The number of pyridine rings is 1. The average Bonchev–Trinajstić information content (AvgIpc) is 3.13. The fourth-order valence-corrected chi connectivity index (χ4v) is 4.02. The highest BCUT2D eigenvalue weighted by Crippen LogP contribution is 2.31. The molecule has 1 aromatic heterocycles. The zero-order valence-corrected chi connectivity index (χ0v) is 19.7. The Labute approximate surface area is 213 Å². The van der Waals surface area contributed by atoms with Gasteiger partial charge >= 0.3 is 12.4 Å². The molecule has 1 aliphatic rings. The summed E-state index contributed by atoms with van der Waals surface area (Å²) in [5.41, 5.74) is -0.215. The fraction of sp³-hybridized carbons (Fsp3) is 0.167. The Kier molecular flexibility index (Phi) is 7.21. The summed E-state index contributed by atoms with van der Waals surface area (Å²) < 4.78 is 41.2. The lowest BCUT2D eigenvalue weighted by Crippen LogP contribution is -2.56. The van der Waals surface area contributed by atoms with Gasteiger partial charge in [-0.05, 0) is 60.7 Å². The van der Waals surface area contributed by atoms with Crippen molar-refractivity contribution < 1.29 is 32.3 Å². The molecule has 2 N–H and O–H groups in total. The van der Waals surface area contributed by atoms with E-state index in [1.807, 2.05) is 0 Å². The topological polar surface area (TPSA) is 104 Å². The van der Waals surface area contributed by atoms with Gasteiger partial charge in [0.15, 0.2) is 5.66 Å². The Hall–Kier alpha value is -4.32. The van der Waals surface area contributed by atoms with E-state index in [4.69, 9.17) is 11.6 Å². The van der Waals surface area contributed by atoms with E-state index in [2.05, 4.69) is 20.4 Å². The fourth-order valence-electron chi connectivity index (χ4n) is 3.90. The van der Waals surface area contributed by atoms with E-state index in [1.54, 1.807) is 36.4 Å². The van der Waals surface area contributed by atoms with Crippen LogP contribution < -0.4 is 20.3 Å². The molecule has 1 aliphatic heterocycles. The number of rotatable bonds is 9. The SMILES string of the molecule is O=CNC(CN1CC(=O)N(c2ccc(OC(F)(F)F)cc2)C1=O)(Nc1ccc(Cl)cc1)c1ccncc1. The molecule has 1 saturated heterocycles. The highest BCUT2D eigenvalue weighted by Gasteiger charge is 2.43. The van der Waals surface area contributed by atoms with Gasteiger partial charge in [-0.25, -0.2) is 9.69 Å². The smallest absolute Gasteiger partial charge is 0.406 e. The first-order chi connectivity index (χ1) is 17.6. The van der Waals surface area contributed by atoms with Crippen molar-refractivity contribution in [3.63, 3.8) is 0 Å². The first-order valence-corrected chi connectivity index (χ1v) is 11.1. The molecule has 1 atom stereocenters. The largest absolute Gasteiger partial charge is 0.573 e. The molecule has 9 nitrogen and oxygen atoms in total. The summed E-state index contributed by atoms with van der Waals surface area (Å²) in [4.78, 5) is 43.9. The van der Waals surface area contributed by atoms with Crippen molar-refractivity contribution in [3.05, 3.63) is 83.6 Å². The van der Waals surface area contributed by atoms with Crippen LogP contribution in [0.25, 0.3) is 0 Å². The predicted octanol–water partition coefficient (Wildman–Crippen LogP) is 4.11. The van der Waals surface area contributed by atoms with Crippen LogP contribution in [0.3, 0.4) is 0 Å². The first-order valence-electron chi connectivity index (χ1n) is 10.7. The maximum Gasteiger partial charge on any atom is 0.573 e. The number of ether oxygens (including phenoxy) is 1. The van der Waals surface area contributed by atoms with E-state index in [1.165, 1.54) is 29.4 Å². The molecule has 0 spiro atoms. The second-order valence-corrected chi connectivity index (χ2v) is 8.38. The van der Waals surface area contributed by atoms with Gasteiger partial charge in [0.25, 0.3) is 5.91 Å². The van der Waals surface area contributed by atoms with Gasteiger partial charge in [-0.3, -0.25) is 14.6 Å². The van der Waals surface area contributed by atoms with Crippen LogP contribution in [0.5, 0.6) is 5.75 Å². The Balaban J connectivity index is 1.63. The second kappa shape index (κ2) is 10.3. The summed E-state index contributed by atoms with van der Waals surface area (Å²) in [5.74, 6) is -1.10. The van der Waals surface area contributed by atoms with E-state index >= 15 is 0 Å². The van der Waals surface area contributed by atoms with Crippen molar-refractivity contribution in [1.82, 2.24) is 15.2 Å². The van der Waals surface area contributed by atoms with E-state index in [0.717, 1.165) is 17.0 Å². The lowest BCUT2D eigenvalue weighted by molar-refractivity contribution is -0.274. The quantitative estimate of drug-likeness (QED) is 0.244. The Bertz CT molecular complexity index is 1280. The van der Waals surface area contributed by atoms with E-state index in [9.17, 15) is 27.6 Å². The number of halogens is 4. The van der Waals surface area contributed by atoms with E-state index < -0.39 is 29.7 Å². The third-order valence-corrected chi connectivity index (χ3v) is 5.73. The molecule has 2 aromatic carbocycles. The van der Waals surface area contributed by atoms with Crippen LogP contribution in [-0.2, 0) is 15.3 Å². The summed E-state index contributed by atoms with van der Waals surface area (Å²) in [5, 5.41) is 6.42. The summed E-state index contributed by atoms with van der Waals surface area (Å²) in [6, 6.07) is 13.5. The van der Waals surface area contributed by atoms with Crippen LogP contribution in [0.2, 0.25) is 5.02 Å². The predicted molar refractivity (Wildman–Crippen MR) is 128 cm³/mol. The van der Waals surface area contributed by atoms with Crippen molar-refractivity contribution in [3.8, 4) is 5.75 Å². The number of imide groups is 1. The van der Waals surface area contributed by atoms with Crippen molar-refractivity contribution in [2.45, 2.75) is 12.0 Å². The van der Waals surface area contributed by atoms with Crippen molar-refractivity contribution >= 4 is 41.3 Å². The molecule has 2 heterocycles. The first kappa shape index (κ1) is 25.8. The lowest BCUT2D eigenvalue weighted by atomic mass is 9.99. The third kappa shape index (κ3) is 5.92. The molecule has 37 heavy (non-hydrogen) atoms. The molecule has 192 valence electrons. The number of amides is 4. The number of aromatic nitrogens is 1. The van der Waals surface area contributed by atoms with Gasteiger partial charge in [0.1, 0.15) is 12.3 Å². The number of carbonyl (C=O) groups excluding carboxylic acids is 3. The minimum absolute atomic E-state index is 0.0653. The Morgan fingerprint density at radius 1 is 1.00 bits per heavy atom. The number of nitrogens with one attached hydrogen (secondary N) is 2. The van der Waals surface area contributed by atoms with Gasteiger partial charge in [-0.2, -0.15) is 0 Å². The normalized spacial score (nSPS) is 15.4. The maximum absolute atomic E-state index is 13.3. The number of urea groups is 1. The molecule has 0 saturated carbocycles. The maximum atomic E-state index is 13.3. The summed E-state index contributed by atoms with van der Waals surface area (Å²) in [6.07, 6.45) is -1.40. The third-order valence-electron chi connectivity index (χ3n) is 5.47. The molecule has 13 heteroatoms. The summed E-state index contributed by atoms with van der Waals surface area (Å²) >= 11 is 5.98. The molecule has 0 radical (unpaired) electrons. The molecular weight excluding hydrogens is 515 g/mol. The van der Waals surface area contributed by atoms with Crippen molar-refractivity contribution in [2.75, 3.05) is 23.3 Å². The minimum Gasteiger partial charge on any atom is -0.406 e. The molecule has 0 aliphatic carbocycles. The zero-order chi connectivity index (χ0) is 26.6. The monoisotopic (exact) mass is 533 g/mol. The van der Waals surface area contributed by atoms with Gasteiger partial charge < -0.3 is 20.3 Å². The molecule has 1 fully saturated rings. The number of carbonyl (C=O) groups is 3. The number of hydrogen-bond acceptors (Lipinski definition) is 6. The summed E-state index contributed by atoms with van der Waals surface area (Å²) in [7, 11) is 0. The number of hydrogen-bond donors (Lipinski definition) is 2. The van der Waals surface area contributed by atoms with Crippen molar-refractivity contribution in [1.29, 1.82) is 0 Å². The molecule has 4 rings (SSSR count). The van der Waals surface area contributed by atoms with Crippen LogP contribution in [0, 0.1) is 0 Å². The lowest BCUT2D eigenvalue weighted by Gasteiger charge is -2.38. The molecule has 0 bridgehead atoms. The average molecular weight is 534 g/mol. The minimum atomic E-state index is -4.88. The highest BCUT2D eigenvalue weighted by molar-refractivity contribution is 6.30. The van der Waals surface area contributed by atoms with Crippen LogP contribution in [0.1, 0.15) is 5.56 Å². The number of benzene rings is 2. The van der Waals surface area contributed by atoms with E-state index in [-0.39, 0.29) is 18.8 Å². The second-order valence-electron chi connectivity index (χ2n) is 7.94. The van der Waals surface area contributed by atoms with Crippen LogP contribution in [0.15, 0.2) is 73.1 Å². The Morgan fingerprint density at radius 3 is 2.24 bits per heavy atom. The molecule has 1 unspecified atom stereocenters. The standard InChI is InChI=1S/C24H19ClF3N5O4/c25-17-1-3-18(4-2-17)31-23(30-15-34,16-9-11-29-12-10-16)14-32-13-21(35)33(22(32)36)19-5-7-20(8-6-19)37-24(26,27)28/h1-12,15,31H,13-14H2,(H,30,34). The van der Waals surface area contributed by atoms with Crippen LogP contribution in [0.4, 0.5) is 29.3 Å². The van der Waals surface area contributed by atoms with Crippen LogP contribution >= 0.6 is 11.6 Å². The number of nitrogens with zero attached hydrogens (tertiary/aromatic N) is 3. The van der Waals surface area contributed by atoms with Gasteiger partial charge in [0, 0.05) is 28.7 Å². The van der Waals surface area contributed by atoms with Gasteiger partial charge in [0.05, 0.1) is 12.2 Å². The van der Waals surface area contributed by atoms with Crippen molar-refractivity contribution in [2.24, 2.45) is 0 Å².